The van der Waals surface area contributed by atoms with Crippen LogP contribution in [0.15, 0.2) is 48.9 Å². The van der Waals surface area contributed by atoms with Gasteiger partial charge in [0, 0.05) is 6.07 Å². The van der Waals surface area contributed by atoms with Gasteiger partial charge in [-0.15, -0.1) is 0 Å². The molecule has 0 aliphatic heterocycles. The molecule has 0 atom stereocenters. The standard InChI is InChI=1S/C12H9Br2NO/c1-8-3-2-4-9(5-8)15-7-10-6-11(13)12(14)16-10/h2-7H,1H3. The van der Waals surface area contributed by atoms with Gasteiger partial charge in [0.1, 0.15) is 5.76 Å². The molecule has 0 amide bonds. The van der Waals surface area contributed by atoms with Crippen LogP contribution in [0.25, 0.3) is 0 Å². The van der Waals surface area contributed by atoms with Crippen LogP contribution >= 0.6 is 31.9 Å². The zero-order valence-electron chi connectivity index (χ0n) is 8.58. The molecule has 0 radical (unpaired) electrons. The maximum atomic E-state index is 5.39. The third kappa shape index (κ3) is 2.83. The molecule has 0 aliphatic rings. The number of nitrogens with zero attached hydrogens (tertiary/aromatic N) is 1. The molecule has 82 valence electrons. The molecule has 0 saturated heterocycles. The second-order valence-corrected chi connectivity index (χ2v) is 4.94. The summed E-state index contributed by atoms with van der Waals surface area (Å²) < 4.78 is 6.95. The molecule has 0 aliphatic carbocycles. The average molecular weight is 343 g/mol. The van der Waals surface area contributed by atoms with Crippen molar-refractivity contribution in [3.8, 4) is 0 Å². The summed E-state index contributed by atoms with van der Waals surface area (Å²) in [7, 11) is 0. The number of rotatable bonds is 2. The molecule has 0 N–H and O–H groups in total. The van der Waals surface area contributed by atoms with Crippen molar-refractivity contribution < 1.29 is 4.42 Å². The van der Waals surface area contributed by atoms with E-state index in [4.69, 9.17) is 4.42 Å². The van der Waals surface area contributed by atoms with Crippen LogP contribution in [0.4, 0.5) is 5.69 Å². The van der Waals surface area contributed by atoms with E-state index in [9.17, 15) is 0 Å². The Balaban J connectivity index is 2.21. The molecule has 1 aromatic carbocycles. The van der Waals surface area contributed by atoms with Crippen molar-refractivity contribution in [3.05, 3.63) is 50.8 Å². The Hall–Kier alpha value is -0.870. The summed E-state index contributed by atoms with van der Waals surface area (Å²) in [6.45, 7) is 2.04. The van der Waals surface area contributed by atoms with Gasteiger partial charge >= 0.3 is 0 Å². The topological polar surface area (TPSA) is 25.5 Å². The summed E-state index contributed by atoms with van der Waals surface area (Å²) in [5, 5.41) is 0. The van der Waals surface area contributed by atoms with Crippen LogP contribution in [-0.2, 0) is 0 Å². The molecule has 0 saturated carbocycles. The largest absolute Gasteiger partial charge is 0.447 e. The number of halogens is 2. The van der Waals surface area contributed by atoms with Gasteiger partial charge < -0.3 is 4.42 Å². The quantitative estimate of drug-likeness (QED) is 0.715. The van der Waals surface area contributed by atoms with E-state index in [1.54, 1.807) is 6.21 Å². The van der Waals surface area contributed by atoms with Gasteiger partial charge in [-0.05, 0) is 56.5 Å². The normalized spacial score (nSPS) is 11.2. The Morgan fingerprint density at radius 2 is 2.06 bits per heavy atom. The fourth-order valence-electron chi connectivity index (χ4n) is 1.27. The van der Waals surface area contributed by atoms with Crippen LogP contribution in [0.1, 0.15) is 11.3 Å². The highest BCUT2D eigenvalue weighted by molar-refractivity contribution is 9.13. The molecule has 16 heavy (non-hydrogen) atoms. The first-order chi connectivity index (χ1) is 7.65. The van der Waals surface area contributed by atoms with Crippen LogP contribution in [0.3, 0.4) is 0 Å². The van der Waals surface area contributed by atoms with Gasteiger partial charge in [0.25, 0.3) is 0 Å². The van der Waals surface area contributed by atoms with Gasteiger partial charge in [-0.25, -0.2) is 0 Å². The Morgan fingerprint density at radius 1 is 1.25 bits per heavy atom. The van der Waals surface area contributed by atoms with E-state index >= 15 is 0 Å². The number of aliphatic imine (C=N–C) groups is 1. The van der Waals surface area contributed by atoms with Crippen molar-refractivity contribution >= 4 is 43.8 Å². The van der Waals surface area contributed by atoms with Crippen LogP contribution < -0.4 is 0 Å². The van der Waals surface area contributed by atoms with Gasteiger partial charge in [-0.1, -0.05) is 12.1 Å². The minimum Gasteiger partial charge on any atom is -0.447 e. The molecular formula is C12H9Br2NO. The van der Waals surface area contributed by atoms with Gasteiger partial charge in [0.2, 0.25) is 0 Å². The van der Waals surface area contributed by atoms with Gasteiger partial charge in [0.05, 0.1) is 16.4 Å². The molecule has 0 spiro atoms. The van der Waals surface area contributed by atoms with E-state index in [1.165, 1.54) is 5.56 Å². The van der Waals surface area contributed by atoms with E-state index in [2.05, 4.69) is 36.9 Å². The third-order valence-electron chi connectivity index (χ3n) is 2.01. The first-order valence-electron chi connectivity index (χ1n) is 4.71. The molecule has 1 aromatic heterocycles. The predicted octanol–water partition coefficient (Wildman–Crippen LogP) is 4.86. The number of benzene rings is 1. The Labute approximate surface area is 111 Å². The SMILES string of the molecule is Cc1cccc(N=Cc2cc(Br)c(Br)o2)c1. The highest BCUT2D eigenvalue weighted by atomic mass is 79.9. The summed E-state index contributed by atoms with van der Waals surface area (Å²) in [4.78, 5) is 4.33. The van der Waals surface area contributed by atoms with Crippen molar-refractivity contribution in [1.29, 1.82) is 0 Å². The fourth-order valence-corrected chi connectivity index (χ4v) is 1.88. The number of hydrogen-bond acceptors (Lipinski definition) is 2. The lowest BCUT2D eigenvalue weighted by atomic mass is 10.2. The van der Waals surface area contributed by atoms with Crippen molar-refractivity contribution in [3.63, 3.8) is 0 Å². The van der Waals surface area contributed by atoms with E-state index in [1.807, 2.05) is 37.3 Å². The predicted molar refractivity (Wildman–Crippen MR) is 72.5 cm³/mol. The molecule has 2 rings (SSSR count). The lowest BCUT2D eigenvalue weighted by Gasteiger charge is -1.93. The fraction of sp³-hybridized carbons (Fsp3) is 0.0833. The highest BCUT2D eigenvalue weighted by Gasteiger charge is 2.03. The van der Waals surface area contributed by atoms with Gasteiger partial charge in [-0.3, -0.25) is 4.99 Å². The van der Waals surface area contributed by atoms with E-state index in [0.717, 1.165) is 10.2 Å². The van der Waals surface area contributed by atoms with Gasteiger partial charge in [0.15, 0.2) is 4.67 Å². The molecular weight excluding hydrogens is 334 g/mol. The maximum absolute atomic E-state index is 5.39. The van der Waals surface area contributed by atoms with Crippen molar-refractivity contribution in [2.75, 3.05) is 0 Å². The van der Waals surface area contributed by atoms with Gasteiger partial charge in [-0.2, -0.15) is 0 Å². The van der Waals surface area contributed by atoms with Crippen LogP contribution in [0.5, 0.6) is 0 Å². The Bertz CT molecular complexity index is 512. The first kappa shape index (κ1) is 11.6. The molecule has 0 bridgehead atoms. The van der Waals surface area contributed by atoms with Crippen molar-refractivity contribution in [1.82, 2.24) is 0 Å². The zero-order chi connectivity index (χ0) is 11.5. The summed E-state index contributed by atoms with van der Waals surface area (Å²) in [5.41, 5.74) is 2.11. The lowest BCUT2D eigenvalue weighted by molar-refractivity contribution is 0.533. The summed E-state index contributed by atoms with van der Waals surface area (Å²) >= 11 is 6.63. The molecule has 1 heterocycles. The highest BCUT2D eigenvalue weighted by Crippen LogP contribution is 2.26. The van der Waals surface area contributed by atoms with E-state index in [0.29, 0.717) is 10.4 Å². The molecule has 0 unspecified atom stereocenters. The van der Waals surface area contributed by atoms with Crippen molar-refractivity contribution in [2.45, 2.75) is 6.92 Å². The smallest absolute Gasteiger partial charge is 0.184 e. The van der Waals surface area contributed by atoms with E-state index in [-0.39, 0.29) is 0 Å². The molecule has 2 aromatic rings. The second-order valence-electron chi connectivity index (χ2n) is 3.37. The first-order valence-corrected chi connectivity index (χ1v) is 6.29. The summed E-state index contributed by atoms with van der Waals surface area (Å²) in [5.74, 6) is 0.709. The monoisotopic (exact) mass is 341 g/mol. The second kappa shape index (κ2) is 4.97. The number of hydrogen-bond donors (Lipinski definition) is 0. The Morgan fingerprint density at radius 3 is 2.69 bits per heavy atom. The van der Waals surface area contributed by atoms with Crippen LogP contribution in [0, 0.1) is 6.92 Å². The minimum atomic E-state index is 0.679. The third-order valence-corrected chi connectivity index (χ3v) is 3.72. The summed E-state index contributed by atoms with van der Waals surface area (Å²) in [6, 6.07) is 9.86. The Kier molecular flexibility index (Phi) is 3.61. The minimum absolute atomic E-state index is 0.679. The maximum Gasteiger partial charge on any atom is 0.184 e. The lowest BCUT2D eigenvalue weighted by Crippen LogP contribution is -1.75. The molecule has 2 nitrogen and oxygen atoms in total. The summed E-state index contributed by atoms with van der Waals surface area (Å²) in [6.07, 6.45) is 1.70. The van der Waals surface area contributed by atoms with Crippen LogP contribution in [0.2, 0.25) is 0 Å². The molecule has 0 fully saturated rings. The number of furan rings is 1. The van der Waals surface area contributed by atoms with E-state index < -0.39 is 0 Å². The molecule has 4 heteroatoms. The number of aryl methyl sites for hydroxylation is 1. The zero-order valence-corrected chi connectivity index (χ0v) is 11.7. The van der Waals surface area contributed by atoms with Crippen LogP contribution in [-0.4, -0.2) is 6.21 Å². The van der Waals surface area contributed by atoms with Crippen molar-refractivity contribution in [2.24, 2.45) is 4.99 Å². The average Bonchev–Trinajstić information content (AvgIpc) is 2.56.